The van der Waals surface area contributed by atoms with Crippen LogP contribution in [0.2, 0.25) is 5.02 Å². The van der Waals surface area contributed by atoms with Crippen LogP contribution in [0.4, 0.5) is 5.69 Å². The molecule has 1 aliphatic heterocycles. The molecule has 0 spiro atoms. The van der Waals surface area contributed by atoms with Crippen LogP contribution in [0, 0.1) is 0 Å². The highest BCUT2D eigenvalue weighted by molar-refractivity contribution is 6.30. The van der Waals surface area contributed by atoms with Gasteiger partial charge in [-0.25, -0.2) is 0 Å². The largest absolute Gasteiger partial charge is 0.497 e. The van der Waals surface area contributed by atoms with Crippen molar-refractivity contribution in [3.63, 3.8) is 0 Å². The zero-order chi connectivity index (χ0) is 20.8. The molecule has 0 radical (unpaired) electrons. The number of nitrogens with one attached hydrogen (secondary N) is 1. The van der Waals surface area contributed by atoms with Gasteiger partial charge in [-0.3, -0.25) is 9.59 Å². The minimum Gasteiger partial charge on any atom is -0.497 e. The first-order chi connectivity index (χ1) is 14.0. The van der Waals surface area contributed by atoms with E-state index < -0.39 is 0 Å². The number of piperazine rings is 1. The summed E-state index contributed by atoms with van der Waals surface area (Å²) in [6.45, 7) is 4.30. The molecule has 1 atom stereocenters. The van der Waals surface area contributed by atoms with Crippen molar-refractivity contribution in [2.24, 2.45) is 0 Å². The van der Waals surface area contributed by atoms with Gasteiger partial charge in [0.1, 0.15) is 5.75 Å². The SMILES string of the molecule is COc1ccc(N2CCN(C(=O)CC(NC(C)=O)c3ccc(Cl)cc3)CC2)cc1. The number of hydrogen-bond acceptors (Lipinski definition) is 4. The van der Waals surface area contributed by atoms with Crippen LogP contribution < -0.4 is 15.0 Å². The second-order valence-electron chi connectivity index (χ2n) is 7.07. The molecule has 154 valence electrons. The van der Waals surface area contributed by atoms with Crippen LogP contribution in [-0.2, 0) is 9.59 Å². The summed E-state index contributed by atoms with van der Waals surface area (Å²) >= 11 is 5.96. The van der Waals surface area contributed by atoms with Crippen molar-refractivity contribution >= 4 is 29.1 Å². The van der Waals surface area contributed by atoms with Gasteiger partial charge in [-0.15, -0.1) is 0 Å². The van der Waals surface area contributed by atoms with Crippen molar-refractivity contribution < 1.29 is 14.3 Å². The van der Waals surface area contributed by atoms with Crippen LogP contribution in [0.1, 0.15) is 24.9 Å². The number of benzene rings is 2. The summed E-state index contributed by atoms with van der Waals surface area (Å²) in [5.74, 6) is 0.698. The van der Waals surface area contributed by atoms with Gasteiger partial charge in [-0.1, -0.05) is 23.7 Å². The number of nitrogens with zero attached hydrogens (tertiary/aromatic N) is 2. The fourth-order valence-corrected chi connectivity index (χ4v) is 3.63. The Bertz CT molecular complexity index is 831. The Hall–Kier alpha value is -2.73. The van der Waals surface area contributed by atoms with E-state index in [2.05, 4.69) is 10.2 Å². The average molecular weight is 416 g/mol. The van der Waals surface area contributed by atoms with Crippen molar-refractivity contribution in [1.82, 2.24) is 10.2 Å². The first-order valence-corrected chi connectivity index (χ1v) is 10.0. The van der Waals surface area contributed by atoms with E-state index in [1.54, 1.807) is 19.2 Å². The van der Waals surface area contributed by atoms with E-state index in [0.29, 0.717) is 18.1 Å². The highest BCUT2D eigenvalue weighted by Gasteiger charge is 2.25. The highest BCUT2D eigenvalue weighted by atomic mass is 35.5. The third kappa shape index (κ3) is 5.64. The van der Waals surface area contributed by atoms with Gasteiger partial charge in [0, 0.05) is 43.8 Å². The Labute approximate surface area is 176 Å². The lowest BCUT2D eigenvalue weighted by atomic mass is 10.0. The van der Waals surface area contributed by atoms with E-state index in [4.69, 9.17) is 16.3 Å². The molecule has 0 aromatic heterocycles. The van der Waals surface area contributed by atoms with Crippen molar-refractivity contribution in [2.45, 2.75) is 19.4 Å². The number of methoxy groups -OCH3 is 1. The van der Waals surface area contributed by atoms with Crippen molar-refractivity contribution in [1.29, 1.82) is 0 Å². The molecule has 2 aromatic carbocycles. The summed E-state index contributed by atoms with van der Waals surface area (Å²) in [7, 11) is 1.65. The third-order valence-corrected chi connectivity index (χ3v) is 5.35. The Morgan fingerprint density at radius 3 is 2.21 bits per heavy atom. The summed E-state index contributed by atoms with van der Waals surface area (Å²) < 4.78 is 5.20. The fraction of sp³-hybridized carbons (Fsp3) is 0.364. The standard InChI is InChI=1S/C22H26ClN3O3/c1-16(27)24-21(17-3-5-18(23)6-4-17)15-22(28)26-13-11-25(12-14-26)19-7-9-20(29-2)10-8-19/h3-10,21H,11-15H2,1-2H3,(H,24,27). The molecule has 0 saturated carbocycles. The minimum absolute atomic E-state index is 0.0353. The van der Waals surface area contributed by atoms with E-state index in [1.807, 2.05) is 41.3 Å². The Kier molecular flexibility index (Phi) is 6.99. The highest BCUT2D eigenvalue weighted by Crippen LogP contribution is 2.23. The van der Waals surface area contributed by atoms with Gasteiger partial charge in [-0.2, -0.15) is 0 Å². The van der Waals surface area contributed by atoms with Crippen LogP contribution in [0.15, 0.2) is 48.5 Å². The summed E-state index contributed by atoms with van der Waals surface area (Å²) in [5.41, 5.74) is 1.99. The molecule has 2 amide bonds. The molecule has 0 bridgehead atoms. The number of ether oxygens (including phenoxy) is 1. The first kappa shape index (κ1) is 21.0. The minimum atomic E-state index is -0.364. The Morgan fingerprint density at radius 1 is 1.03 bits per heavy atom. The second-order valence-corrected chi connectivity index (χ2v) is 7.51. The van der Waals surface area contributed by atoms with Gasteiger partial charge < -0.3 is 19.9 Å². The summed E-state index contributed by atoms with van der Waals surface area (Å²) in [6.07, 6.45) is 0.226. The molecule has 1 fully saturated rings. The van der Waals surface area contributed by atoms with E-state index >= 15 is 0 Å². The quantitative estimate of drug-likeness (QED) is 0.786. The normalized spacial score (nSPS) is 15.0. The van der Waals surface area contributed by atoms with Crippen LogP contribution >= 0.6 is 11.6 Å². The number of rotatable bonds is 6. The van der Waals surface area contributed by atoms with E-state index in [0.717, 1.165) is 30.1 Å². The van der Waals surface area contributed by atoms with Gasteiger partial charge in [0.25, 0.3) is 0 Å². The lowest BCUT2D eigenvalue weighted by Crippen LogP contribution is -2.49. The smallest absolute Gasteiger partial charge is 0.225 e. The van der Waals surface area contributed by atoms with E-state index in [-0.39, 0.29) is 24.3 Å². The number of anilines is 1. The molecule has 7 heteroatoms. The monoisotopic (exact) mass is 415 g/mol. The first-order valence-electron chi connectivity index (χ1n) is 9.65. The summed E-state index contributed by atoms with van der Waals surface area (Å²) in [4.78, 5) is 28.6. The molecule has 1 saturated heterocycles. The zero-order valence-electron chi connectivity index (χ0n) is 16.7. The van der Waals surface area contributed by atoms with Gasteiger partial charge >= 0.3 is 0 Å². The number of hydrogen-bond donors (Lipinski definition) is 1. The van der Waals surface area contributed by atoms with Crippen LogP contribution in [-0.4, -0.2) is 50.0 Å². The molecular weight excluding hydrogens is 390 g/mol. The summed E-state index contributed by atoms with van der Waals surface area (Å²) in [5, 5.41) is 3.50. The fourth-order valence-electron chi connectivity index (χ4n) is 3.50. The molecule has 1 unspecified atom stereocenters. The molecule has 6 nitrogen and oxygen atoms in total. The number of carbonyl (C=O) groups is 2. The Balaban J connectivity index is 1.59. The van der Waals surface area contributed by atoms with Gasteiger partial charge in [0.05, 0.1) is 19.6 Å². The number of carbonyl (C=O) groups excluding carboxylic acids is 2. The molecule has 3 rings (SSSR count). The van der Waals surface area contributed by atoms with Gasteiger partial charge in [0.15, 0.2) is 0 Å². The zero-order valence-corrected chi connectivity index (χ0v) is 17.5. The second kappa shape index (κ2) is 9.65. The maximum atomic E-state index is 12.9. The molecule has 1 N–H and O–H groups in total. The van der Waals surface area contributed by atoms with Crippen molar-refractivity contribution in [2.75, 3.05) is 38.2 Å². The van der Waals surface area contributed by atoms with Crippen LogP contribution in [0.25, 0.3) is 0 Å². The molecular formula is C22H26ClN3O3. The predicted molar refractivity (Wildman–Crippen MR) is 114 cm³/mol. The van der Waals surface area contributed by atoms with E-state index in [9.17, 15) is 9.59 Å². The topological polar surface area (TPSA) is 61.9 Å². The molecule has 29 heavy (non-hydrogen) atoms. The van der Waals surface area contributed by atoms with E-state index in [1.165, 1.54) is 6.92 Å². The van der Waals surface area contributed by atoms with Crippen molar-refractivity contribution in [3.8, 4) is 5.75 Å². The average Bonchev–Trinajstić information content (AvgIpc) is 2.73. The maximum Gasteiger partial charge on any atom is 0.225 e. The molecule has 2 aromatic rings. The predicted octanol–water partition coefficient (Wildman–Crippen LogP) is 3.26. The Morgan fingerprint density at radius 2 is 1.66 bits per heavy atom. The van der Waals surface area contributed by atoms with Crippen LogP contribution in [0.3, 0.4) is 0 Å². The van der Waals surface area contributed by atoms with Gasteiger partial charge in [-0.05, 0) is 42.0 Å². The molecule has 1 aliphatic rings. The lowest BCUT2D eigenvalue weighted by molar-refractivity contribution is -0.132. The summed E-state index contributed by atoms with van der Waals surface area (Å²) in [6, 6.07) is 14.8. The molecule has 1 heterocycles. The van der Waals surface area contributed by atoms with Gasteiger partial charge in [0.2, 0.25) is 11.8 Å². The lowest BCUT2D eigenvalue weighted by Gasteiger charge is -2.36. The maximum absolute atomic E-state index is 12.9. The van der Waals surface area contributed by atoms with Crippen LogP contribution in [0.5, 0.6) is 5.75 Å². The number of halogens is 1. The number of amides is 2. The third-order valence-electron chi connectivity index (χ3n) is 5.10. The van der Waals surface area contributed by atoms with Crippen molar-refractivity contribution in [3.05, 3.63) is 59.1 Å². The molecule has 0 aliphatic carbocycles.